The minimum Gasteiger partial charge on any atom is -0.402 e. The van der Waals surface area contributed by atoms with Crippen molar-refractivity contribution in [1.29, 1.82) is 0 Å². The van der Waals surface area contributed by atoms with Crippen LogP contribution in [-0.4, -0.2) is 54.4 Å². The van der Waals surface area contributed by atoms with Gasteiger partial charge < -0.3 is 30.2 Å². The van der Waals surface area contributed by atoms with Gasteiger partial charge >= 0.3 is 7.32 Å². The van der Waals surface area contributed by atoms with Crippen LogP contribution in [0.2, 0.25) is 10.0 Å². The molecule has 3 amide bonds. The Morgan fingerprint density at radius 2 is 1.68 bits per heavy atom. The van der Waals surface area contributed by atoms with Gasteiger partial charge in [-0.15, -0.1) is 0 Å². The summed E-state index contributed by atoms with van der Waals surface area (Å²) in [6.45, 7) is 3.49. The van der Waals surface area contributed by atoms with E-state index in [9.17, 15) is 24.4 Å². The maximum atomic E-state index is 13.5. The van der Waals surface area contributed by atoms with Crippen LogP contribution in [0.5, 0.6) is 0 Å². The molecule has 9 nitrogen and oxygen atoms in total. The monoisotopic (exact) mass is 583 g/mol. The van der Waals surface area contributed by atoms with Crippen molar-refractivity contribution in [3.63, 3.8) is 0 Å². The van der Waals surface area contributed by atoms with Gasteiger partial charge in [0.1, 0.15) is 12.3 Å². The molecule has 0 heterocycles. The fraction of sp³-hybridized carbons (Fsp3) is 0.179. The molecule has 0 saturated carbocycles. The maximum Gasteiger partial charge on any atom is 0.635 e. The third-order valence-electron chi connectivity index (χ3n) is 5.89. The van der Waals surface area contributed by atoms with Crippen LogP contribution in [0, 0.1) is 0 Å². The molecular weight excluding hydrogens is 556 g/mol. The van der Waals surface area contributed by atoms with E-state index in [1.54, 1.807) is 55.6 Å². The van der Waals surface area contributed by atoms with E-state index in [-0.39, 0.29) is 34.4 Å². The molecule has 208 valence electrons. The Bertz CT molecular complexity index is 1360. The number of hydrogen-bond acceptors (Lipinski definition) is 6. The van der Waals surface area contributed by atoms with E-state index >= 15 is 0 Å². The molecule has 0 aliphatic heterocycles. The number of nitrogens with one attached hydrogen (secondary N) is 2. The van der Waals surface area contributed by atoms with Crippen LogP contribution in [-0.2, 0) is 27.1 Å². The van der Waals surface area contributed by atoms with Crippen molar-refractivity contribution < 1.29 is 29.1 Å². The lowest BCUT2D eigenvalue weighted by molar-refractivity contribution is -0.126. The number of rotatable bonds is 12. The number of anilines is 1. The van der Waals surface area contributed by atoms with Crippen molar-refractivity contribution in [2.24, 2.45) is 0 Å². The Kier molecular flexibility index (Phi) is 11.3. The lowest BCUT2D eigenvalue weighted by Gasteiger charge is -2.25. The molecule has 0 fully saturated rings. The molecule has 12 heteroatoms. The van der Waals surface area contributed by atoms with Crippen LogP contribution in [0.3, 0.4) is 0 Å². The van der Waals surface area contributed by atoms with E-state index in [1.165, 1.54) is 29.2 Å². The number of hydrogen-bond donors (Lipinski definition) is 4. The molecule has 3 aromatic rings. The van der Waals surface area contributed by atoms with Crippen LogP contribution >= 0.6 is 23.2 Å². The van der Waals surface area contributed by atoms with Gasteiger partial charge in [-0.05, 0) is 47.5 Å². The van der Waals surface area contributed by atoms with Gasteiger partial charge in [-0.3, -0.25) is 14.4 Å². The highest BCUT2D eigenvalue weighted by molar-refractivity contribution is 6.35. The Hall–Kier alpha value is -3.67. The average molecular weight is 584 g/mol. The lowest BCUT2D eigenvalue weighted by atomic mass is 10.0. The molecule has 0 unspecified atom stereocenters. The van der Waals surface area contributed by atoms with Crippen LogP contribution in [0.4, 0.5) is 5.69 Å². The summed E-state index contributed by atoms with van der Waals surface area (Å²) in [5, 5.41) is 24.6. The summed E-state index contributed by atoms with van der Waals surface area (Å²) in [7, 11) is -0.566. The van der Waals surface area contributed by atoms with Crippen LogP contribution in [0.1, 0.15) is 21.5 Å². The van der Waals surface area contributed by atoms with Crippen molar-refractivity contribution in [3.8, 4) is 0 Å². The molecule has 3 rings (SSSR count). The standard InChI is InChI=1S/C28H28BCl2N3O6/c1-3-26(35)34(2)21-11-7-10-19(14-21)15-24(32-27(36)22-17-20(30)12-13-23(22)31)28(37)33-25(40-29(38)39)16-18-8-5-4-6-9-18/h3-14,17,24-25,38-39H,1,15-16H2,2H3,(H,32,36)(H,33,37)/t24-,25+/m0/s1. The summed E-state index contributed by atoms with van der Waals surface area (Å²) >= 11 is 12.3. The van der Waals surface area contributed by atoms with Gasteiger partial charge in [0, 0.05) is 30.6 Å². The number of benzene rings is 3. The summed E-state index contributed by atoms with van der Waals surface area (Å²) < 4.78 is 5.11. The lowest BCUT2D eigenvalue weighted by Crippen LogP contribution is -2.52. The second kappa shape index (κ2) is 14.6. The van der Waals surface area contributed by atoms with Crippen LogP contribution < -0.4 is 15.5 Å². The summed E-state index contributed by atoms with van der Waals surface area (Å²) in [4.78, 5) is 40.2. The topological polar surface area (TPSA) is 128 Å². The van der Waals surface area contributed by atoms with E-state index in [1.807, 2.05) is 6.07 Å². The molecule has 0 bridgehead atoms. The third kappa shape index (κ3) is 8.94. The molecule has 2 atom stereocenters. The molecule has 0 spiro atoms. The van der Waals surface area contributed by atoms with Crippen molar-refractivity contribution in [2.45, 2.75) is 25.1 Å². The molecule has 0 aliphatic rings. The normalized spacial score (nSPS) is 12.1. The van der Waals surface area contributed by atoms with Gasteiger partial charge in [0.25, 0.3) is 5.91 Å². The molecule has 0 radical (unpaired) electrons. The fourth-order valence-corrected chi connectivity index (χ4v) is 4.25. The predicted octanol–water partition coefficient (Wildman–Crippen LogP) is 3.15. The summed E-state index contributed by atoms with van der Waals surface area (Å²) in [6, 6.07) is 19.1. The Balaban J connectivity index is 1.89. The van der Waals surface area contributed by atoms with Gasteiger partial charge in [0.15, 0.2) is 0 Å². The van der Waals surface area contributed by atoms with E-state index in [0.717, 1.165) is 5.56 Å². The second-order valence-electron chi connectivity index (χ2n) is 8.77. The average Bonchev–Trinajstić information content (AvgIpc) is 2.93. The van der Waals surface area contributed by atoms with Gasteiger partial charge in [0.05, 0.1) is 10.6 Å². The largest absolute Gasteiger partial charge is 0.635 e. The van der Waals surface area contributed by atoms with E-state index in [0.29, 0.717) is 11.3 Å². The highest BCUT2D eigenvalue weighted by Crippen LogP contribution is 2.21. The number of likely N-dealkylation sites (N-methyl/N-ethyl adjacent to an activating group) is 1. The summed E-state index contributed by atoms with van der Waals surface area (Å²) in [5.74, 6) is -1.63. The number of nitrogens with zero attached hydrogens (tertiary/aromatic N) is 1. The first-order valence-electron chi connectivity index (χ1n) is 12.2. The quantitative estimate of drug-likeness (QED) is 0.147. The number of carbonyl (C=O) groups excluding carboxylic acids is 3. The van der Waals surface area contributed by atoms with E-state index in [4.69, 9.17) is 27.9 Å². The van der Waals surface area contributed by atoms with Gasteiger partial charge in [0.2, 0.25) is 11.8 Å². The van der Waals surface area contributed by atoms with Crippen molar-refractivity contribution in [3.05, 3.63) is 112 Å². The molecule has 0 aliphatic carbocycles. The number of halogens is 2. The first kappa shape index (κ1) is 30.9. The van der Waals surface area contributed by atoms with Crippen molar-refractivity contribution in [1.82, 2.24) is 10.6 Å². The Morgan fingerprint density at radius 3 is 2.35 bits per heavy atom. The van der Waals surface area contributed by atoms with Gasteiger partial charge in [-0.25, -0.2) is 0 Å². The molecule has 0 saturated heterocycles. The minimum absolute atomic E-state index is 0.0133. The number of amides is 3. The van der Waals surface area contributed by atoms with Crippen molar-refractivity contribution >= 4 is 53.9 Å². The minimum atomic E-state index is -2.15. The Morgan fingerprint density at radius 1 is 0.975 bits per heavy atom. The molecule has 40 heavy (non-hydrogen) atoms. The molecule has 4 N–H and O–H groups in total. The fourth-order valence-electron chi connectivity index (χ4n) is 3.88. The molecular formula is C28H28BCl2N3O6. The predicted molar refractivity (Wildman–Crippen MR) is 155 cm³/mol. The molecule has 3 aromatic carbocycles. The van der Waals surface area contributed by atoms with Crippen LogP contribution in [0.25, 0.3) is 0 Å². The highest BCUT2D eigenvalue weighted by atomic mass is 35.5. The third-order valence-corrected chi connectivity index (χ3v) is 6.46. The zero-order valence-corrected chi connectivity index (χ0v) is 23.1. The van der Waals surface area contributed by atoms with E-state index in [2.05, 4.69) is 17.2 Å². The zero-order chi connectivity index (χ0) is 29.2. The molecule has 0 aromatic heterocycles. The van der Waals surface area contributed by atoms with E-state index < -0.39 is 31.4 Å². The van der Waals surface area contributed by atoms with Gasteiger partial charge in [-0.1, -0.05) is 72.2 Å². The SMILES string of the molecule is C=CC(=O)N(C)c1cccc(C[C@H](NC(=O)c2cc(Cl)ccc2Cl)C(=O)N[C@@H](Cc2ccccc2)OB(O)O)c1. The van der Waals surface area contributed by atoms with Crippen molar-refractivity contribution in [2.75, 3.05) is 11.9 Å². The maximum absolute atomic E-state index is 13.5. The number of carbonyl (C=O) groups is 3. The summed E-state index contributed by atoms with van der Waals surface area (Å²) in [5.41, 5.74) is 2.02. The first-order valence-corrected chi connectivity index (χ1v) is 12.9. The Labute approximate surface area is 242 Å². The van der Waals surface area contributed by atoms with Gasteiger partial charge in [-0.2, -0.15) is 0 Å². The van der Waals surface area contributed by atoms with Crippen LogP contribution in [0.15, 0.2) is 85.5 Å². The second-order valence-corrected chi connectivity index (χ2v) is 9.62. The first-order chi connectivity index (χ1) is 19.1. The zero-order valence-electron chi connectivity index (χ0n) is 21.6. The summed E-state index contributed by atoms with van der Waals surface area (Å²) in [6.07, 6.45) is 0.182. The smallest absolute Gasteiger partial charge is 0.402 e. The highest BCUT2D eigenvalue weighted by Gasteiger charge is 2.28.